The van der Waals surface area contributed by atoms with Gasteiger partial charge in [-0.05, 0) is 90.0 Å². The summed E-state index contributed by atoms with van der Waals surface area (Å²) in [6.45, 7) is 15.0. The van der Waals surface area contributed by atoms with E-state index in [-0.39, 0.29) is 11.0 Å². The molecule has 1 saturated carbocycles. The first-order valence-corrected chi connectivity index (χ1v) is 13.2. The largest absolute Gasteiger partial charge is 0.494 e. The van der Waals surface area contributed by atoms with Crippen LogP contribution in [0.4, 0.5) is 0 Å². The summed E-state index contributed by atoms with van der Waals surface area (Å²) in [5.41, 5.74) is 2.75. The summed E-state index contributed by atoms with van der Waals surface area (Å²) in [4.78, 5) is 2.77. The molecular formula is C28H39NO4. The molecule has 4 atom stereocenters. The smallest absolute Gasteiger partial charge is 0.175 e. The van der Waals surface area contributed by atoms with E-state index in [1.807, 2.05) is 0 Å². The molecule has 0 N–H and O–H groups in total. The topological polar surface area (TPSA) is 40.2 Å². The van der Waals surface area contributed by atoms with Crippen molar-refractivity contribution in [3.63, 3.8) is 0 Å². The van der Waals surface area contributed by atoms with Gasteiger partial charge in [0, 0.05) is 31.2 Å². The van der Waals surface area contributed by atoms with E-state index >= 15 is 0 Å². The van der Waals surface area contributed by atoms with Crippen LogP contribution in [0.25, 0.3) is 0 Å². The van der Waals surface area contributed by atoms with E-state index in [0.717, 1.165) is 49.0 Å². The normalized spacial score (nSPS) is 36.2. The molecule has 2 heterocycles. The van der Waals surface area contributed by atoms with E-state index in [1.54, 1.807) is 0 Å². The van der Waals surface area contributed by atoms with Crippen molar-refractivity contribution in [1.29, 1.82) is 0 Å². The molecule has 0 radical (unpaired) electrons. The average Bonchev–Trinajstić information content (AvgIpc) is 3.55. The molecule has 0 unspecified atom stereocenters. The highest BCUT2D eigenvalue weighted by Crippen LogP contribution is 2.70. The lowest BCUT2D eigenvalue weighted by atomic mass is 9.46. The van der Waals surface area contributed by atoms with E-state index in [0.29, 0.717) is 25.9 Å². The number of aryl methyl sites for hydroxylation is 1. The zero-order valence-electron chi connectivity index (χ0n) is 21.0. The van der Waals surface area contributed by atoms with Crippen molar-refractivity contribution in [3.05, 3.63) is 34.6 Å². The zero-order chi connectivity index (χ0) is 23.0. The predicted molar refractivity (Wildman–Crippen MR) is 128 cm³/mol. The van der Waals surface area contributed by atoms with Gasteiger partial charge in [0.25, 0.3) is 0 Å². The van der Waals surface area contributed by atoms with Gasteiger partial charge in [0.05, 0.1) is 18.6 Å². The number of nitrogens with zero attached hydrogens (tertiary/aromatic N) is 1. The monoisotopic (exact) mass is 453 g/mol. The van der Waals surface area contributed by atoms with E-state index in [2.05, 4.69) is 51.7 Å². The molecule has 6 rings (SSSR count). The van der Waals surface area contributed by atoms with E-state index < -0.39 is 5.60 Å². The minimum absolute atomic E-state index is 0.275. The number of piperidine rings is 1. The van der Waals surface area contributed by atoms with Crippen molar-refractivity contribution in [2.24, 2.45) is 5.92 Å². The maximum atomic E-state index is 7.08. The maximum Gasteiger partial charge on any atom is 0.175 e. The fourth-order valence-corrected chi connectivity index (χ4v) is 7.91. The number of benzene rings is 1. The highest BCUT2D eigenvalue weighted by Gasteiger charge is 2.78. The molecule has 1 saturated heterocycles. The second-order valence-electron chi connectivity index (χ2n) is 10.8. The lowest BCUT2D eigenvalue weighted by Gasteiger charge is -2.66. The zero-order valence-corrected chi connectivity index (χ0v) is 21.0. The molecule has 0 aromatic heterocycles. The Morgan fingerprint density at radius 3 is 2.61 bits per heavy atom. The number of likely N-dealkylation sites (tertiary alicyclic amines) is 1. The van der Waals surface area contributed by atoms with Crippen LogP contribution >= 0.6 is 0 Å². The summed E-state index contributed by atoms with van der Waals surface area (Å²) < 4.78 is 26.6. The van der Waals surface area contributed by atoms with Crippen LogP contribution in [-0.4, -0.2) is 55.1 Å². The first-order chi connectivity index (χ1) is 16.0. The summed E-state index contributed by atoms with van der Waals surface area (Å²) >= 11 is 0. The Morgan fingerprint density at radius 2 is 1.91 bits per heavy atom. The fraction of sp³-hybridized carbons (Fsp3) is 0.714. The van der Waals surface area contributed by atoms with Crippen molar-refractivity contribution in [2.75, 3.05) is 32.9 Å². The summed E-state index contributed by atoms with van der Waals surface area (Å²) in [5, 5.41) is 0. The lowest BCUT2D eigenvalue weighted by Crippen LogP contribution is -2.79. The van der Waals surface area contributed by atoms with Gasteiger partial charge in [-0.1, -0.05) is 6.07 Å². The van der Waals surface area contributed by atoms with Gasteiger partial charge < -0.3 is 18.9 Å². The Morgan fingerprint density at radius 1 is 1.12 bits per heavy atom. The van der Waals surface area contributed by atoms with Crippen LogP contribution in [-0.2, 0) is 21.3 Å². The van der Waals surface area contributed by atoms with Gasteiger partial charge in [-0.25, -0.2) is 0 Å². The van der Waals surface area contributed by atoms with Gasteiger partial charge >= 0.3 is 0 Å². The van der Waals surface area contributed by atoms with Gasteiger partial charge in [0.1, 0.15) is 11.4 Å². The summed E-state index contributed by atoms with van der Waals surface area (Å²) in [6.07, 6.45) is 7.95. The maximum absolute atomic E-state index is 7.08. The van der Waals surface area contributed by atoms with Crippen molar-refractivity contribution in [3.8, 4) is 11.5 Å². The van der Waals surface area contributed by atoms with Gasteiger partial charge in [-0.3, -0.25) is 4.90 Å². The molecule has 2 aliphatic heterocycles. The lowest BCUT2D eigenvalue weighted by molar-refractivity contribution is -0.219. The minimum Gasteiger partial charge on any atom is -0.494 e. The number of hydrogen-bond acceptors (Lipinski definition) is 5. The second kappa shape index (κ2) is 7.39. The molecule has 5 aliphatic rings. The van der Waals surface area contributed by atoms with Gasteiger partial charge in [0.2, 0.25) is 0 Å². The van der Waals surface area contributed by atoms with Gasteiger partial charge in [-0.15, -0.1) is 0 Å². The highest BCUT2D eigenvalue weighted by atomic mass is 16.6. The minimum atomic E-state index is -0.600. The standard InChI is InChI=1S/C28H39NO4/c1-6-30-22-11-12-28(32-8-3)21-16-20-15-18(4)24(31-7-2)25-23(20)27(28,26(22,5)33-25)13-14-29(21)17-19-9-10-19/h11,15,19,21H,6-10,12-14,16-17H2,1-5H3/t21-,26+,27+,28-/m1/s1. The van der Waals surface area contributed by atoms with E-state index in [1.165, 1.54) is 36.1 Å². The molecule has 0 amide bonds. The highest BCUT2D eigenvalue weighted by molar-refractivity contribution is 5.68. The van der Waals surface area contributed by atoms with Crippen LogP contribution in [0.2, 0.25) is 0 Å². The van der Waals surface area contributed by atoms with Gasteiger partial charge in [0.15, 0.2) is 17.1 Å². The fourth-order valence-electron chi connectivity index (χ4n) is 7.91. The summed E-state index contributed by atoms with van der Waals surface area (Å²) in [6, 6.07) is 2.73. The van der Waals surface area contributed by atoms with Crippen molar-refractivity contribution in [2.45, 2.75) is 89.4 Å². The quantitative estimate of drug-likeness (QED) is 0.559. The van der Waals surface area contributed by atoms with Crippen molar-refractivity contribution >= 4 is 0 Å². The summed E-state index contributed by atoms with van der Waals surface area (Å²) in [5.74, 6) is 3.68. The van der Waals surface area contributed by atoms with E-state index in [4.69, 9.17) is 18.9 Å². The molecule has 33 heavy (non-hydrogen) atoms. The van der Waals surface area contributed by atoms with Crippen LogP contribution in [0, 0.1) is 12.8 Å². The molecule has 180 valence electrons. The molecular weight excluding hydrogens is 414 g/mol. The Hall–Kier alpha value is -1.72. The van der Waals surface area contributed by atoms with Crippen molar-refractivity contribution in [1.82, 2.24) is 4.90 Å². The Kier molecular flexibility index (Phi) is 4.88. The average molecular weight is 454 g/mol. The Balaban J connectivity index is 1.63. The van der Waals surface area contributed by atoms with Crippen LogP contribution in [0.15, 0.2) is 17.9 Å². The molecule has 1 aromatic rings. The van der Waals surface area contributed by atoms with Crippen LogP contribution in [0.1, 0.15) is 70.1 Å². The SMILES string of the molecule is CCOC1=CC[C@@]2(OCC)[C@H]3Cc4cc(C)c(OCC)c5c4[C@@]2(CCN3CC2CC2)[C@@]1(C)O5. The van der Waals surface area contributed by atoms with Crippen LogP contribution in [0.3, 0.4) is 0 Å². The van der Waals surface area contributed by atoms with Gasteiger partial charge in [-0.2, -0.15) is 0 Å². The molecule has 1 spiro atoms. The Bertz CT molecular complexity index is 1000. The molecule has 1 aromatic carbocycles. The van der Waals surface area contributed by atoms with Crippen molar-refractivity contribution < 1.29 is 18.9 Å². The predicted octanol–water partition coefficient (Wildman–Crippen LogP) is 4.92. The van der Waals surface area contributed by atoms with Crippen LogP contribution in [0.5, 0.6) is 11.5 Å². The third-order valence-corrected chi connectivity index (χ3v) is 9.18. The molecule has 5 heteroatoms. The third-order valence-electron chi connectivity index (χ3n) is 9.18. The molecule has 3 aliphatic carbocycles. The number of ether oxygens (including phenoxy) is 4. The van der Waals surface area contributed by atoms with Crippen LogP contribution < -0.4 is 9.47 Å². The Labute approximate surface area is 198 Å². The first-order valence-electron chi connectivity index (χ1n) is 13.2. The van der Waals surface area contributed by atoms with E-state index in [9.17, 15) is 0 Å². The summed E-state index contributed by atoms with van der Waals surface area (Å²) in [7, 11) is 0. The molecule has 5 nitrogen and oxygen atoms in total. The molecule has 2 fully saturated rings. The molecule has 2 bridgehead atoms. The number of rotatable bonds is 8. The third kappa shape index (κ3) is 2.61. The first kappa shape index (κ1) is 21.8. The number of hydrogen-bond donors (Lipinski definition) is 0. The second-order valence-corrected chi connectivity index (χ2v) is 10.8.